The van der Waals surface area contributed by atoms with Crippen molar-refractivity contribution in [2.24, 2.45) is 5.92 Å². The second-order valence-corrected chi connectivity index (χ2v) is 9.91. The fourth-order valence-corrected chi connectivity index (χ4v) is 4.53. The third-order valence-corrected chi connectivity index (χ3v) is 7.04. The quantitative estimate of drug-likeness (QED) is 0.356. The van der Waals surface area contributed by atoms with Crippen LogP contribution in [0, 0.1) is 23.4 Å². The summed E-state index contributed by atoms with van der Waals surface area (Å²) >= 11 is 0. The van der Waals surface area contributed by atoms with Crippen LogP contribution in [0.25, 0.3) is 0 Å². The number of hydrogen-bond acceptors (Lipinski definition) is 7. The summed E-state index contributed by atoms with van der Waals surface area (Å²) in [5.41, 5.74) is 0.709. The average molecular weight is 529 g/mol. The van der Waals surface area contributed by atoms with E-state index < -0.39 is 17.5 Å². The Bertz CT molecular complexity index is 1260. The van der Waals surface area contributed by atoms with Gasteiger partial charge in [0.25, 0.3) is 0 Å². The molecule has 1 aromatic heterocycles. The Kier molecular flexibility index (Phi) is 7.87. The zero-order valence-corrected chi connectivity index (χ0v) is 21.5. The van der Waals surface area contributed by atoms with Crippen LogP contribution in [-0.4, -0.2) is 48.7 Å². The number of anilines is 2. The van der Waals surface area contributed by atoms with Crippen molar-refractivity contribution >= 4 is 11.6 Å². The van der Waals surface area contributed by atoms with Crippen molar-refractivity contribution in [2.75, 3.05) is 39.2 Å². The van der Waals surface area contributed by atoms with Crippen molar-refractivity contribution in [3.8, 4) is 17.2 Å². The molecule has 2 fully saturated rings. The zero-order valence-electron chi connectivity index (χ0n) is 21.5. The molecule has 0 bridgehead atoms. The van der Waals surface area contributed by atoms with Crippen molar-refractivity contribution in [3.63, 3.8) is 0 Å². The number of ether oxygens (including phenoxy) is 3. The number of aromatic nitrogens is 2. The third kappa shape index (κ3) is 6.12. The first-order valence-corrected chi connectivity index (χ1v) is 12.8. The maximum Gasteiger partial charge on any atom is 0.227 e. The lowest BCUT2D eigenvalue weighted by Crippen LogP contribution is -2.32. The number of likely N-dealkylation sites (tertiary alicyclic amines) is 1. The highest BCUT2D eigenvalue weighted by atomic mass is 19.1. The molecule has 10 heteroatoms. The number of nitrogens with one attached hydrogen (secondary N) is 1. The highest BCUT2D eigenvalue weighted by molar-refractivity contribution is 5.55. The van der Waals surface area contributed by atoms with Crippen molar-refractivity contribution in [2.45, 2.75) is 38.2 Å². The van der Waals surface area contributed by atoms with E-state index in [0.29, 0.717) is 23.8 Å². The van der Waals surface area contributed by atoms with Gasteiger partial charge >= 0.3 is 0 Å². The molecule has 1 saturated heterocycles. The summed E-state index contributed by atoms with van der Waals surface area (Å²) in [6.45, 7) is 2.21. The van der Waals surface area contributed by atoms with Crippen LogP contribution in [0.3, 0.4) is 0 Å². The minimum Gasteiger partial charge on any atom is -0.494 e. The Morgan fingerprint density at radius 3 is 2.34 bits per heavy atom. The fraction of sp³-hybridized carbons (Fsp3) is 0.429. The number of benzene rings is 2. The molecule has 2 aromatic carbocycles. The molecule has 1 N–H and O–H groups in total. The maximum absolute atomic E-state index is 14.9. The Morgan fingerprint density at radius 1 is 0.947 bits per heavy atom. The topological polar surface area (TPSA) is 68.7 Å². The predicted octanol–water partition coefficient (Wildman–Crippen LogP) is 5.82. The van der Waals surface area contributed by atoms with Crippen molar-refractivity contribution in [1.82, 2.24) is 14.9 Å². The molecule has 0 radical (unpaired) electrons. The number of nitrogens with zero attached hydrogens (tertiary/aromatic N) is 3. The van der Waals surface area contributed by atoms with Crippen LogP contribution >= 0.6 is 0 Å². The Morgan fingerprint density at radius 2 is 1.68 bits per heavy atom. The first-order valence-electron chi connectivity index (χ1n) is 12.8. The molecule has 7 nitrogen and oxygen atoms in total. The fourth-order valence-electron chi connectivity index (χ4n) is 4.53. The van der Waals surface area contributed by atoms with Crippen LogP contribution in [0.1, 0.15) is 42.7 Å². The normalized spacial score (nSPS) is 16.3. The van der Waals surface area contributed by atoms with E-state index >= 15 is 0 Å². The molecule has 0 amide bonds. The van der Waals surface area contributed by atoms with Gasteiger partial charge in [-0.3, -0.25) is 0 Å². The Balaban J connectivity index is 1.17. The van der Waals surface area contributed by atoms with E-state index in [1.54, 1.807) is 12.1 Å². The number of halogens is 3. The van der Waals surface area contributed by atoms with Gasteiger partial charge in [-0.05, 0) is 81.4 Å². The maximum atomic E-state index is 14.9. The number of piperidine rings is 1. The first-order chi connectivity index (χ1) is 18.4. The van der Waals surface area contributed by atoms with Crippen LogP contribution in [0.15, 0.2) is 36.7 Å². The van der Waals surface area contributed by atoms with E-state index in [0.717, 1.165) is 38.8 Å². The SMILES string of the molecule is COc1cc(C2CC2)c(F)c(COc2cnc(Nc3ccc(OCC4CCN(C)CC4)c(F)c3)nc2)c1F. The summed E-state index contributed by atoms with van der Waals surface area (Å²) in [6, 6.07) is 6.01. The molecular formula is C28H31F3N4O3. The van der Waals surface area contributed by atoms with Gasteiger partial charge in [-0.15, -0.1) is 0 Å². The molecule has 2 heterocycles. The van der Waals surface area contributed by atoms with E-state index in [4.69, 9.17) is 14.2 Å². The Hall–Kier alpha value is -3.53. The molecule has 0 atom stereocenters. The van der Waals surface area contributed by atoms with E-state index in [2.05, 4.69) is 27.2 Å². The standard InChI is InChI=1S/C28H31F3N4O3/c1-35-9-7-17(8-10-35)15-38-24-6-5-19(11-23(24)29)34-28-32-13-20(14-33-28)37-16-22-26(30)21(18-3-4-18)12-25(36-2)27(22)31/h5-6,11-14,17-18H,3-4,7-10,15-16H2,1-2H3,(H,32,33,34). The minimum atomic E-state index is -0.783. The van der Waals surface area contributed by atoms with Gasteiger partial charge < -0.3 is 24.4 Å². The summed E-state index contributed by atoms with van der Waals surface area (Å²) in [6.07, 6.45) is 6.57. The van der Waals surface area contributed by atoms with Gasteiger partial charge in [0.1, 0.15) is 12.4 Å². The lowest BCUT2D eigenvalue weighted by molar-refractivity contribution is 0.157. The van der Waals surface area contributed by atoms with Gasteiger partial charge in [-0.25, -0.2) is 23.1 Å². The van der Waals surface area contributed by atoms with E-state index in [1.807, 2.05) is 0 Å². The second kappa shape index (κ2) is 11.5. The van der Waals surface area contributed by atoms with Gasteiger partial charge in [-0.1, -0.05) is 0 Å². The van der Waals surface area contributed by atoms with Crippen LogP contribution in [0.5, 0.6) is 17.2 Å². The van der Waals surface area contributed by atoms with Gasteiger partial charge in [0, 0.05) is 11.8 Å². The van der Waals surface area contributed by atoms with Crippen LogP contribution in [0.2, 0.25) is 0 Å². The summed E-state index contributed by atoms with van der Waals surface area (Å²) < 4.78 is 60.6. The molecule has 1 aliphatic carbocycles. The molecule has 1 saturated carbocycles. The molecule has 2 aliphatic rings. The molecule has 5 rings (SSSR count). The molecule has 0 spiro atoms. The molecule has 3 aromatic rings. The lowest BCUT2D eigenvalue weighted by atomic mass is 9.98. The minimum absolute atomic E-state index is 0.00633. The predicted molar refractivity (Wildman–Crippen MR) is 137 cm³/mol. The third-order valence-electron chi connectivity index (χ3n) is 7.04. The number of methoxy groups -OCH3 is 1. The first kappa shape index (κ1) is 26.1. The monoisotopic (exact) mass is 528 g/mol. The molecule has 1 aliphatic heterocycles. The summed E-state index contributed by atoms with van der Waals surface area (Å²) in [5, 5.41) is 2.93. The summed E-state index contributed by atoms with van der Waals surface area (Å²) in [5.74, 6) is -0.707. The molecule has 38 heavy (non-hydrogen) atoms. The van der Waals surface area contributed by atoms with Crippen LogP contribution < -0.4 is 19.5 Å². The van der Waals surface area contributed by atoms with Crippen molar-refractivity contribution in [1.29, 1.82) is 0 Å². The van der Waals surface area contributed by atoms with Gasteiger partial charge in [0.05, 0.1) is 31.7 Å². The summed E-state index contributed by atoms with van der Waals surface area (Å²) in [4.78, 5) is 10.6. The molecular weight excluding hydrogens is 497 g/mol. The number of hydrogen-bond donors (Lipinski definition) is 1. The highest BCUT2D eigenvalue weighted by Crippen LogP contribution is 2.44. The highest BCUT2D eigenvalue weighted by Gasteiger charge is 2.31. The van der Waals surface area contributed by atoms with E-state index in [9.17, 15) is 13.2 Å². The van der Waals surface area contributed by atoms with Crippen molar-refractivity contribution in [3.05, 3.63) is 65.2 Å². The summed E-state index contributed by atoms with van der Waals surface area (Å²) in [7, 11) is 3.45. The lowest BCUT2D eigenvalue weighted by Gasteiger charge is -2.28. The van der Waals surface area contributed by atoms with Gasteiger partial charge in [0.2, 0.25) is 5.95 Å². The largest absolute Gasteiger partial charge is 0.494 e. The van der Waals surface area contributed by atoms with Gasteiger partial charge in [-0.2, -0.15) is 0 Å². The smallest absolute Gasteiger partial charge is 0.227 e. The Labute approximate surface area is 219 Å². The van der Waals surface area contributed by atoms with Crippen LogP contribution in [-0.2, 0) is 6.61 Å². The number of rotatable bonds is 10. The van der Waals surface area contributed by atoms with Crippen molar-refractivity contribution < 1.29 is 27.4 Å². The average Bonchev–Trinajstić information content (AvgIpc) is 3.76. The zero-order chi connectivity index (χ0) is 26.6. The molecule has 0 unspecified atom stereocenters. The van der Waals surface area contributed by atoms with Crippen LogP contribution in [0.4, 0.5) is 24.8 Å². The second-order valence-electron chi connectivity index (χ2n) is 9.91. The molecule has 202 valence electrons. The van der Waals surface area contributed by atoms with Gasteiger partial charge in [0.15, 0.2) is 28.9 Å². The van der Waals surface area contributed by atoms with E-state index in [-0.39, 0.29) is 41.3 Å². The van der Waals surface area contributed by atoms with E-state index in [1.165, 1.54) is 31.6 Å².